The molecule has 0 bridgehead atoms. The molecule has 106 valence electrons. The van der Waals surface area contributed by atoms with Gasteiger partial charge >= 0.3 is 0 Å². The number of halogens is 2. The van der Waals surface area contributed by atoms with Crippen molar-refractivity contribution in [3.8, 4) is 0 Å². The van der Waals surface area contributed by atoms with Crippen molar-refractivity contribution in [3.63, 3.8) is 0 Å². The summed E-state index contributed by atoms with van der Waals surface area (Å²) in [5.74, 6) is -0.292. The summed E-state index contributed by atoms with van der Waals surface area (Å²) in [5, 5.41) is 10.8. The summed E-state index contributed by atoms with van der Waals surface area (Å²) < 4.78 is 13.7. The van der Waals surface area contributed by atoms with Crippen molar-refractivity contribution in [2.75, 3.05) is 0 Å². The Balaban J connectivity index is 2.34. The maximum atomic E-state index is 13.3. The van der Waals surface area contributed by atoms with E-state index < -0.39 is 5.60 Å². The maximum Gasteiger partial charge on any atom is 0.137 e. The molecule has 2 aromatic carbocycles. The molecule has 0 aliphatic heterocycles. The highest BCUT2D eigenvalue weighted by atomic mass is 79.9. The minimum atomic E-state index is -0.979. The number of aliphatic hydroxyl groups is 1. The van der Waals surface area contributed by atoms with Crippen molar-refractivity contribution in [2.45, 2.75) is 32.8 Å². The van der Waals surface area contributed by atoms with Crippen LogP contribution in [0.1, 0.15) is 29.2 Å². The second kappa shape index (κ2) is 5.66. The van der Waals surface area contributed by atoms with Crippen molar-refractivity contribution in [2.24, 2.45) is 0 Å². The van der Waals surface area contributed by atoms with Gasteiger partial charge in [-0.25, -0.2) is 4.39 Å². The molecule has 1 nitrogen and oxygen atoms in total. The highest BCUT2D eigenvalue weighted by Gasteiger charge is 2.25. The predicted molar refractivity (Wildman–Crippen MR) is 83.3 cm³/mol. The van der Waals surface area contributed by atoms with E-state index in [1.807, 2.05) is 32.0 Å². The number of aryl methyl sites for hydroxylation is 2. The monoisotopic (exact) mass is 336 g/mol. The molecule has 2 aromatic rings. The Morgan fingerprint density at radius 3 is 2.50 bits per heavy atom. The molecule has 0 aliphatic carbocycles. The van der Waals surface area contributed by atoms with E-state index in [4.69, 9.17) is 0 Å². The quantitative estimate of drug-likeness (QED) is 0.864. The van der Waals surface area contributed by atoms with Gasteiger partial charge in [0.2, 0.25) is 0 Å². The molecule has 0 saturated heterocycles. The number of rotatable bonds is 3. The minimum absolute atomic E-state index is 0.292. The summed E-state index contributed by atoms with van der Waals surface area (Å²) in [4.78, 5) is 0. The van der Waals surface area contributed by atoms with Crippen LogP contribution in [0.25, 0.3) is 0 Å². The smallest absolute Gasteiger partial charge is 0.137 e. The number of benzene rings is 2. The summed E-state index contributed by atoms with van der Waals surface area (Å²) in [6, 6.07) is 10.9. The van der Waals surface area contributed by atoms with Crippen LogP contribution in [0.15, 0.2) is 40.9 Å². The number of hydrogen-bond acceptors (Lipinski definition) is 1. The first kappa shape index (κ1) is 15.2. The van der Waals surface area contributed by atoms with Gasteiger partial charge in [0.05, 0.1) is 10.1 Å². The fraction of sp³-hybridized carbons (Fsp3) is 0.294. The van der Waals surface area contributed by atoms with Gasteiger partial charge in [0.15, 0.2) is 0 Å². The molecule has 0 fully saturated rings. The Kier molecular flexibility index (Phi) is 4.31. The molecule has 0 radical (unpaired) electrons. The molecule has 3 heteroatoms. The van der Waals surface area contributed by atoms with Crippen LogP contribution in [-0.2, 0) is 12.0 Å². The van der Waals surface area contributed by atoms with Crippen LogP contribution in [0, 0.1) is 19.7 Å². The fourth-order valence-corrected chi connectivity index (χ4v) is 2.88. The Morgan fingerprint density at radius 1 is 1.15 bits per heavy atom. The standard InChI is InChI=1S/C17H18BrFO/c1-11-4-5-12(2)14(8-11)17(3,20)10-13-6-7-16(19)15(18)9-13/h4-9,20H,10H2,1-3H3. The molecular formula is C17H18BrFO. The maximum absolute atomic E-state index is 13.3. The molecule has 1 atom stereocenters. The van der Waals surface area contributed by atoms with Gasteiger partial charge in [-0.05, 0) is 65.5 Å². The normalized spacial score (nSPS) is 14.1. The van der Waals surface area contributed by atoms with Crippen LogP contribution in [0.2, 0.25) is 0 Å². The van der Waals surface area contributed by atoms with Crippen LogP contribution in [0.3, 0.4) is 0 Å². The van der Waals surface area contributed by atoms with Gasteiger partial charge in [-0.15, -0.1) is 0 Å². The SMILES string of the molecule is Cc1ccc(C)c(C(C)(O)Cc2ccc(F)c(Br)c2)c1. The minimum Gasteiger partial charge on any atom is -0.385 e. The van der Waals surface area contributed by atoms with Gasteiger partial charge < -0.3 is 5.11 Å². The second-order valence-electron chi connectivity index (χ2n) is 5.52. The Bertz CT molecular complexity index is 635. The Hall–Kier alpha value is -1.19. The average Bonchev–Trinajstić information content (AvgIpc) is 2.36. The van der Waals surface area contributed by atoms with E-state index in [1.54, 1.807) is 19.1 Å². The lowest BCUT2D eigenvalue weighted by Gasteiger charge is -2.26. The van der Waals surface area contributed by atoms with Crippen LogP contribution < -0.4 is 0 Å². The van der Waals surface area contributed by atoms with Crippen LogP contribution in [0.4, 0.5) is 4.39 Å². The van der Waals surface area contributed by atoms with E-state index in [2.05, 4.69) is 15.9 Å². The molecule has 0 amide bonds. The fourth-order valence-electron chi connectivity index (χ4n) is 2.46. The largest absolute Gasteiger partial charge is 0.385 e. The van der Waals surface area contributed by atoms with Crippen LogP contribution >= 0.6 is 15.9 Å². The summed E-state index contributed by atoms with van der Waals surface area (Å²) in [6.07, 6.45) is 0.441. The summed E-state index contributed by atoms with van der Waals surface area (Å²) in [5.41, 5.74) is 3.00. The summed E-state index contributed by atoms with van der Waals surface area (Å²) in [6.45, 7) is 5.79. The van der Waals surface area contributed by atoms with E-state index in [0.717, 1.165) is 22.3 Å². The third-order valence-corrected chi connectivity index (χ3v) is 4.11. The lowest BCUT2D eigenvalue weighted by Crippen LogP contribution is -2.25. The molecule has 0 saturated carbocycles. The third-order valence-electron chi connectivity index (χ3n) is 3.51. The van der Waals surface area contributed by atoms with Gasteiger partial charge in [-0.3, -0.25) is 0 Å². The van der Waals surface area contributed by atoms with Crippen LogP contribution in [-0.4, -0.2) is 5.11 Å². The highest BCUT2D eigenvalue weighted by molar-refractivity contribution is 9.10. The molecule has 1 N–H and O–H groups in total. The Labute approximate surface area is 127 Å². The second-order valence-corrected chi connectivity index (χ2v) is 6.37. The van der Waals surface area contributed by atoms with E-state index in [1.165, 1.54) is 6.07 Å². The lowest BCUT2D eigenvalue weighted by molar-refractivity contribution is 0.0569. The van der Waals surface area contributed by atoms with Crippen LogP contribution in [0.5, 0.6) is 0 Å². The van der Waals surface area contributed by atoms with Crippen molar-refractivity contribution in [1.82, 2.24) is 0 Å². The van der Waals surface area contributed by atoms with E-state index in [9.17, 15) is 9.50 Å². The van der Waals surface area contributed by atoms with Crippen molar-refractivity contribution >= 4 is 15.9 Å². The molecule has 2 rings (SSSR count). The van der Waals surface area contributed by atoms with E-state index in [-0.39, 0.29) is 5.82 Å². The molecular weight excluding hydrogens is 319 g/mol. The lowest BCUT2D eigenvalue weighted by atomic mass is 9.85. The van der Waals surface area contributed by atoms with Gasteiger partial charge in [0, 0.05) is 6.42 Å². The summed E-state index contributed by atoms with van der Waals surface area (Å²) >= 11 is 3.18. The molecule has 0 heterocycles. The zero-order valence-corrected chi connectivity index (χ0v) is 13.5. The predicted octanol–water partition coefficient (Wildman–Crippen LogP) is 4.66. The first-order valence-corrected chi connectivity index (χ1v) is 7.33. The van der Waals surface area contributed by atoms with Crippen molar-refractivity contribution in [3.05, 3.63) is 68.9 Å². The van der Waals surface area contributed by atoms with Crippen molar-refractivity contribution < 1.29 is 9.50 Å². The molecule has 0 aromatic heterocycles. The highest BCUT2D eigenvalue weighted by Crippen LogP contribution is 2.30. The Morgan fingerprint density at radius 2 is 1.85 bits per heavy atom. The summed E-state index contributed by atoms with van der Waals surface area (Å²) in [7, 11) is 0. The molecule has 20 heavy (non-hydrogen) atoms. The van der Waals surface area contributed by atoms with E-state index in [0.29, 0.717) is 10.9 Å². The zero-order valence-electron chi connectivity index (χ0n) is 11.9. The van der Waals surface area contributed by atoms with Gasteiger partial charge in [0.25, 0.3) is 0 Å². The average molecular weight is 337 g/mol. The zero-order chi connectivity index (χ0) is 14.9. The molecule has 0 spiro atoms. The third kappa shape index (κ3) is 3.28. The van der Waals surface area contributed by atoms with Gasteiger partial charge in [-0.2, -0.15) is 0 Å². The topological polar surface area (TPSA) is 20.2 Å². The molecule has 0 aliphatic rings. The van der Waals surface area contributed by atoms with E-state index >= 15 is 0 Å². The number of hydrogen-bond donors (Lipinski definition) is 1. The van der Waals surface area contributed by atoms with Gasteiger partial charge in [-0.1, -0.05) is 29.8 Å². The molecule has 1 unspecified atom stereocenters. The van der Waals surface area contributed by atoms with Gasteiger partial charge in [0.1, 0.15) is 5.82 Å². The van der Waals surface area contributed by atoms with Crippen molar-refractivity contribution in [1.29, 1.82) is 0 Å². The first-order chi connectivity index (χ1) is 9.29. The first-order valence-electron chi connectivity index (χ1n) is 6.53.